The van der Waals surface area contributed by atoms with Gasteiger partial charge in [-0.25, -0.2) is 0 Å². The van der Waals surface area contributed by atoms with Crippen molar-refractivity contribution in [2.45, 2.75) is 65.3 Å². The topological polar surface area (TPSA) is 43.8 Å². The summed E-state index contributed by atoms with van der Waals surface area (Å²) in [6.45, 7) is 6.66. The summed E-state index contributed by atoms with van der Waals surface area (Å²) in [5.74, 6) is 0.828. The van der Waals surface area contributed by atoms with Crippen LogP contribution in [-0.2, 0) is 12.8 Å². The summed E-state index contributed by atoms with van der Waals surface area (Å²) in [7, 11) is 0. The molecule has 1 saturated carbocycles. The molecule has 2 unspecified atom stereocenters. The first-order valence-electron chi connectivity index (χ1n) is 7.03. The molecule has 0 radical (unpaired) electrons. The molecule has 1 aliphatic rings. The number of aromatic nitrogens is 2. The first-order chi connectivity index (χ1) is 8.17. The number of hydrogen-bond donors (Lipinski definition) is 1. The summed E-state index contributed by atoms with van der Waals surface area (Å²) in [4.78, 5) is 0. The fraction of sp³-hybridized carbons (Fsp3) is 0.786. The highest BCUT2D eigenvalue weighted by molar-refractivity contribution is 5.48. The summed E-state index contributed by atoms with van der Waals surface area (Å²) < 4.78 is 2.24. The Labute approximate surface area is 104 Å². The minimum Gasteiger partial charge on any atom is -0.396 e. The highest BCUT2D eigenvalue weighted by atomic mass is 15.3. The number of nitrogen functional groups attached to an aromatic ring is 1. The standard InChI is InChI=1S/C14H25N3/c1-4-12-14(15)13(5-2)17(16-12)11-8-6-7-10(3)9-11/h10-11H,4-9,15H2,1-3H3. The van der Waals surface area contributed by atoms with Gasteiger partial charge in [-0.2, -0.15) is 5.10 Å². The Kier molecular flexibility index (Phi) is 3.75. The summed E-state index contributed by atoms with van der Waals surface area (Å²) >= 11 is 0. The van der Waals surface area contributed by atoms with Crippen LogP contribution in [0.1, 0.15) is 63.9 Å². The lowest BCUT2D eigenvalue weighted by atomic mass is 9.87. The van der Waals surface area contributed by atoms with Gasteiger partial charge in [-0.1, -0.05) is 33.6 Å². The van der Waals surface area contributed by atoms with Crippen molar-refractivity contribution in [3.8, 4) is 0 Å². The summed E-state index contributed by atoms with van der Waals surface area (Å²) in [6, 6.07) is 0.580. The maximum absolute atomic E-state index is 6.18. The molecular formula is C14H25N3. The van der Waals surface area contributed by atoms with E-state index in [-0.39, 0.29) is 0 Å². The maximum Gasteiger partial charge on any atom is 0.0854 e. The number of nitrogens with two attached hydrogens (primary N) is 1. The zero-order valence-corrected chi connectivity index (χ0v) is 11.4. The van der Waals surface area contributed by atoms with Gasteiger partial charge < -0.3 is 5.73 Å². The predicted molar refractivity (Wildman–Crippen MR) is 72.1 cm³/mol. The molecule has 2 rings (SSSR count). The van der Waals surface area contributed by atoms with Crippen LogP contribution in [0.25, 0.3) is 0 Å². The Bertz CT molecular complexity index is 381. The molecule has 96 valence electrons. The average Bonchev–Trinajstić information content (AvgIpc) is 2.65. The molecule has 0 bridgehead atoms. The third-order valence-corrected chi connectivity index (χ3v) is 4.05. The normalized spacial score (nSPS) is 25.1. The van der Waals surface area contributed by atoms with Crippen LogP contribution in [-0.4, -0.2) is 9.78 Å². The predicted octanol–water partition coefficient (Wildman–Crippen LogP) is 3.34. The minimum absolute atomic E-state index is 0.580. The number of rotatable bonds is 3. The second-order valence-corrected chi connectivity index (χ2v) is 5.38. The van der Waals surface area contributed by atoms with E-state index in [2.05, 4.69) is 25.5 Å². The van der Waals surface area contributed by atoms with Crippen LogP contribution < -0.4 is 5.73 Å². The molecule has 1 heterocycles. The monoisotopic (exact) mass is 235 g/mol. The van der Waals surface area contributed by atoms with E-state index in [1.807, 2.05) is 0 Å². The van der Waals surface area contributed by atoms with Gasteiger partial charge >= 0.3 is 0 Å². The van der Waals surface area contributed by atoms with Gasteiger partial charge in [-0.3, -0.25) is 4.68 Å². The van der Waals surface area contributed by atoms with Gasteiger partial charge in [-0.15, -0.1) is 0 Å². The molecule has 0 spiro atoms. The third kappa shape index (κ3) is 2.33. The van der Waals surface area contributed by atoms with Crippen molar-refractivity contribution in [1.29, 1.82) is 0 Å². The SMILES string of the molecule is CCc1nn(C2CCCC(C)C2)c(CC)c1N. The van der Waals surface area contributed by atoms with Gasteiger partial charge in [0.25, 0.3) is 0 Å². The molecule has 1 aliphatic carbocycles. The van der Waals surface area contributed by atoms with E-state index in [9.17, 15) is 0 Å². The highest BCUT2D eigenvalue weighted by Gasteiger charge is 2.24. The molecule has 1 fully saturated rings. The minimum atomic E-state index is 0.580. The van der Waals surface area contributed by atoms with Gasteiger partial charge in [0.05, 0.1) is 23.1 Å². The van der Waals surface area contributed by atoms with E-state index in [1.54, 1.807) is 0 Å². The molecule has 0 saturated heterocycles. The van der Waals surface area contributed by atoms with E-state index in [1.165, 1.54) is 31.4 Å². The van der Waals surface area contributed by atoms with Crippen molar-refractivity contribution in [3.63, 3.8) is 0 Å². The lowest BCUT2D eigenvalue weighted by molar-refractivity contribution is 0.261. The van der Waals surface area contributed by atoms with Crippen molar-refractivity contribution in [3.05, 3.63) is 11.4 Å². The molecule has 2 N–H and O–H groups in total. The molecule has 2 atom stereocenters. The molecule has 0 amide bonds. The van der Waals surface area contributed by atoms with Crippen molar-refractivity contribution >= 4 is 5.69 Å². The van der Waals surface area contributed by atoms with E-state index in [4.69, 9.17) is 10.8 Å². The maximum atomic E-state index is 6.18. The largest absolute Gasteiger partial charge is 0.396 e. The molecule has 1 aromatic heterocycles. The summed E-state index contributed by atoms with van der Waals surface area (Å²) in [6.07, 6.45) is 7.16. The summed E-state index contributed by atoms with van der Waals surface area (Å²) in [5, 5.41) is 4.75. The summed E-state index contributed by atoms with van der Waals surface area (Å²) in [5.41, 5.74) is 9.46. The number of aryl methyl sites for hydroxylation is 1. The van der Waals surface area contributed by atoms with Crippen LogP contribution in [0.3, 0.4) is 0 Å². The molecule has 3 nitrogen and oxygen atoms in total. The Morgan fingerprint density at radius 1 is 1.29 bits per heavy atom. The average molecular weight is 235 g/mol. The molecular weight excluding hydrogens is 210 g/mol. The Hall–Kier alpha value is -0.990. The van der Waals surface area contributed by atoms with Crippen molar-refractivity contribution < 1.29 is 0 Å². The molecule has 0 aliphatic heterocycles. The Balaban J connectivity index is 2.30. The lowest BCUT2D eigenvalue weighted by Crippen LogP contribution is -2.20. The first-order valence-corrected chi connectivity index (χ1v) is 7.03. The van der Waals surface area contributed by atoms with Crippen molar-refractivity contribution in [2.24, 2.45) is 5.92 Å². The third-order valence-electron chi connectivity index (χ3n) is 4.05. The zero-order valence-electron chi connectivity index (χ0n) is 11.4. The number of hydrogen-bond acceptors (Lipinski definition) is 2. The fourth-order valence-electron chi connectivity index (χ4n) is 3.07. The molecule has 1 aromatic rings. The van der Waals surface area contributed by atoms with Crippen LogP contribution in [0.15, 0.2) is 0 Å². The van der Waals surface area contributed by atoms with Gasteiger partial charge in [0.1, 0.15) is 0 Å². The molecule has 0 aromatic carbocycles. The fourth-order valence-corrected chi connectivity index (χ4v) is 3.07. The van der Waals surface area contributed by atoms with E-state index in [0.29, 0.717) is 6.04 Å². The zero-order chi connectivity index (χ0) is 12.4. The molecule has 17 heavy (non-hydrogen) atoms. The van der Waals surface area contributed by atoms with Crippen LogP contribution in [0.4, 0.5) is 5.69 Å². The smallest absolute Gasteiger partial charge is 0.0854 e. The van der Waals surface area contributed by atoms with Gasteiger partial charge in [0.2, 0.25) is 0 Å². The molecule has 3 heteroatoms. The number of anilines is 1. The van der Waals surface area contributed by atoms with Crippen LogP contribution in [0, 0.1) is 5.92 Å². The second kappa shape index (κ2) is 5.11. The van der Waals surface area contributed by atoms with E-state index in [0.717, 1.165) is 30.1 Å². The Morgan fingerprint density at radius 3 is 2.65 bits per heavy atom. The van der Waals surface area contributed by atoms with E-state index < -0.39 is 0 Å². The van der Waals surface area contributed by atoms with E-state index >= 15 is 0 Å². The number of nitrogens with zero attached hydrogens (tertiary/aromatic N) is 2. The van der Waals surface area contributed by atoms with Crippen molar-refractivity contribution in [2.75, 3.05) is 5.73 Å². The van der Waals surface area contributed by atoms with Crippen LogP contribution >= 0.6 is 0 Å². The van der Waals surface area contributed by atoms with Crippen LogP contribution in [0.2, 0.25) is 0 Å². The van der Waals surface area contributed by atoms with Gasteiger partial charge in [0.15, 0.2) is 0 Å². The van der Waals surface area contributed by atoms with Gasteiger partial charge in [0, 0.05) is 0 Å². The van der Waals surface area contributed by atoms with Crippen molar-refractivity contribution in [1.82, 2.24) is 9.78 Å². The lowest BCUT2D eigenvalue weighted by Gasteiger charge is -2.28. The van der Waals surface area contributed by atoms with Gasteiger partial charge in [-0.05, 0) is 31.6 Å². The second-order valence-electron chi connectivity index (χ2n) is 5.38. The van der Waals surface area contributed by atoms with Crippen LogP contribution in [0.5, 0.6) is 0 Å². The Morgan fingerprint density at radius 2 is 2.06 bits per heavy atom. The first kappa shape index (κ1) is 12.5. The quantitative estimate of drug-likeness (QED) is 0.873. The highest BCUT2D eigenvalue weighted by Crippen LogP contribution is 2.34.